The maximum atomic E-state index is 11.8. The van der Waals surface area contributed by atoms with Crippen molar-refractivity contribution in [1.29, 1.82) is 0 Å². The number of amides is 1. The van der Waals surface area contributed by atoms with Crippen molar-refractivity contribution in [2.75, 3.05) is 37.4 Å². The fourth-order valence-electron chi connectivity index (χ4n) is 1.84. The average molecular weight is 300 g/mol. The second-order valence-corrected chi connectivity index (χ2v) is 4.98. The van der Waals surface area contributed by atoms with Gasteiger partial charge in [-0.05, 0) is 19.1 Å². The Hall–Kier alpha value is -2.70. The highest BCUT2D eigenvalue weighted by atomic mass is 16.1. The third-order valence-electron chi connectivity index (χ3n) is 2.92. The van der Waals surface area contributed by atoms with E-state index < -0.39 is 0 Å². The van der Waals surface area contributed by atoms with Gasteiger partial charge in [0.25, 0.3) is 5.91 Å². The number of nitrogens with one attached hydrogen (secondary N) is 2. The Kier molecular flexibility index (Phi) is 5.24. The highest BCUT2D eigenvalue weighted by Crippen LogP contribution is 2.12. The molecule has 2 aromatic heterocycles. The van der Waals surface area contributed by atoms with Gasteiger partial charge in [-0.1, -0.05) is 0 Å². The Bertz CT molecular complexity index is 629. The van der Waals surface area contributed by atoms with E-state index in [1.807, 2.05) is 32.0 Å². The van der Waals surface area contributed by atoms with E-state index in [1.165, 1.54) is 0 Å². The molecule has 0 aliphatic heterocycles. The molecule has 2 heterocycles. The lowest BCUT2D eigenvalue weighted by atomic mass is 10.3. The number of rotatable bonds is 6. The summed E-state index contributed by atoms with van der Waals surface area (Å²) in [6.45, 7) is 2.92. The van der Waals surface area contributed by atoms with Gasteiger partial charge in [-0.25, -0.2) is 9.97 Å². The second kappa shape index (κ2) is 7.35. The SMILES string of the molecule is Cc1nc(NCCNC(=O)c2cccnc2)cc(N(C)C)n1. The molecule has 0 aliphatic rings. The van der Waals surface area contributed by atoms with Crippen molar-refractivity contribution in [3.8, 4) is 0 Å². The summed E-state index contributed by atoms with van der Waals surface area (Å²) in [5.41, 5.74) is 0.551. The Labute approximate surface area is 129 Å². The molecule has 0 bridgehead atoms. The standard InChI is InChI=1S/C15H20N6O/c1-11-19-13(9-14(20-11)21(2)3)17-7-8-18-15(22)12-5-4-6-16-10-12/h4-6,9-10H,7-8H2,1-3H3,(H,18,22)(H,17,19,20). The van der Waals surface area contributed by atoms with Crippen molar-refractivity contribution in [2.24, 2.45) is 0 Å². The molecule has 1 amide bonds. The fraction of sp³-hybridized carbons (Fsp3) is 0.333. The third kappa shape index (κ3) is 4.41. The largest absolute Gasteiger partial charge is 0.368 e. The maximum Gasteiger partial charge on any atom is 0.252 e. The van der Waals surface area contributed by atoms with Crippen LogP contribution in [0.4, 0.5) is 11.6 Å². The summed E-state index contributed by atoms with van der Waals surface area (Å²) in [4.78, 5) is 26.3. The van der Waals surface area contributed by atoms with Gasteiger partial charge >= 0.3 is 0 Å². The predicted octanol–water partition coefficient (Wildman–Crippen LogP) is 1.09. The number of aromatic nitrogens is 3. The molecule has 0 spiro atoms. The molecule has 22 heavy (non-hydrogen) atoms. The molecule has 7 heteroatoms. The lowest BCUT2D eigenvalue weighted by molar-refractivity contribution is 0.0955. The van der Waals surface area contributed by atoms with Crippen molar-refractivity contribution in [1.82, 2.24) is 20.3 Å². The summed E-state index contributed by atoms with van der Waals surface area (Å²) < 4.78 is 0. The molecular formula is C15H20N6O. The number of pyridine rings is 1. The van der Waals surface area contributed by atoms with E-state index >= 15 is 0 Å². The van der Waals surface area contributed by atoms with Gasteiger partial charge in [0.2, 0.25) is 0 Å². The zero-order valence-electron chi connectivity index (χ0n) is 13.0. The van der Waals surface area contributed by atoms with Crippen LogP contribution in [-0.4, -0.2) is 48.0 Å². The Balaban J connectivity index is 1.83. The van der Waals surface area contributed by atoms with Crippen LogP contribution >= 0.6 is 0 Å². The first-order valence-electron chi connectivity index (χ1n) is 7.01. The van der Waals surface area contributed by atoms with Crippen molar-refractivity contribution in [2.45, 2.75) is 6.92 Å². The van der Waals surface area contributed by atoms with Gasteiger partial charge in [-0.2, -0.15) is 0 Å². The van der Waals surface area contributed by atoms with Crippen LogP contribution in [-0.2, 0) is 0 Å². The van der Waals surface area contributed by atoms with E-state index in [-0.39, 0.29) is 5.91 Å². The van der Waals surface area contributed by atoms with Crippen LogP contribution in [0.1, 0.15) is 16.2 Å². The highest BCUT2D eigenvalue weighted by molar-refractivity contribution is 5.93. The molecule has 116 valence electrons. The van der Waals surface area contributed by atoms with Gasteiger partial charge in [0.1, 0.15) is 17.5 Å². The maximum absolute atomic E-state index is 11.8. The van der Waals surface area contributed by atoms with Crippen LogP contribution in [0.2, 0.25) is 0 Å². The van der Waals surface area contributed by atoms with Crippen LogP contribution in [0.25, 0.3) is 0 Å². The molecule has 0 saturated carbocycles. The second-order valence-electron chi connectivity index (χ2n) is 4.98. The summed E-state index contributed by atoms with van der Waals surface area (Å²) in [7, 11) is 3.86. The number of aryl methyl sites for hydroxylation is 1. The molecule has 2 aromatic rings. The lowest BCUT2D eigenvalue weighted by Gasteiger charge is -2.14. The van der Waals surface area contributed by atoms with Crippen LogP contribution in [0.3, 0.4) is 0 Å². The van der Waals surface area contributed by atoms with Gasteiger partial charge in [-0.3, -0.25) is 9.78 Å². The monoisotopic (exact) mass is 300 g/mol. The summed E-state index contributed by atoms with van der Waals surface area (Å²) in [5.74, 6) is 2.15. The van der Waals surface area contributed by atoms with Crippen molar-refractivity contribution in [3.05, 3.63) is 42.0 Å². The number of hydrogen-bond acceptors (Lipinski definition) is 6. The zero-order chi connectivity index (χ0) is 15.9. The summed E-state index contributed by atoms with van der Waals surface area (Å²) in [5, 5.41) is 6.01. The van der Waals surface area contributed by atoms with Gasteiger partial charge < -0.3 is 15.5 Å². The molecule has 0 saturated heterocycles. The Morgan fingerprint density at radius 1 is 1.27 bits per heavy atom. The summed E-state index contributed by atoms with van der Waals surface area (Å²) in [6, 6.07) is 5.34. The fourth-order valence-corrected chi connectivity index (χ4v) is 1.84. The van der Waals surface area contributed by atoms with Crippen molar-refractivity contribution >= 4 is 17.5 Å². The molecule has 0 aliphatic carbocycles. The zero-order valence-corrected chi connectivity index (χ0v) is 13.0. The van der Waals surface area contributed by atoms with Gasteiger partial charge in [0.05, 0.1) is 5.56 Å². The molecule has 0 aromatic carbocycles. The third-order valence-corrected chi connectivity index (χ3v) is 2.92. The van der Waals surface area contributed by atoms with Crippen LogP contribution in [0, 0.1) is 6.92 Å². The molecular weight excluding hydrogens is 280 g/mol. The number of carbonyl (C=O) groups excluding carboxylic acids is 1. The molecule has 0 fully saturated rings. The topological polar surface area (TPSA) is 83.0 Å². The van der Waals surface area contributed by atoms with E-state index in [0.29, 0.717) is 24.5 Å². The van der Waals surface area contributed by atoms with E-state index in [2.05, 4.69) is 25.6 Å². The number of anilines is 2. The van der Waals surface area contributed by atoms with Crippen molar-refractivity contribution < 1.29 is 4.79 Å². The first-order valence-corrected chi connectivity index (χ1v) is 7.01. The van der Waals surface area contributed by atoms with E-state index in [0.717, 1.165) is 11.6 Å². The minimum Gasteiger partial charge on any atom is -0.368 e. The van der Waals surface area contributed by atoms with Gasteiger partial charge in [0, 0.05) is 45.6 Å². The minimum atomic E-state index is -0.136. The predicted molar refractivity (Wildman–Crippen MR) is 86.2 cm³/mol. The number of nitrogens with zero attached hydrogens (tertiary/aromatic N) is 4. The first kappa shape index (κ1) is 15.7. The van der Waals surface area contributed by atoms with Gasteiger partial charge in [0.15, 0.2) is 0 Å². The molecule has 2 rings (SSSR count). The molecule has 7 nitrogen and oxygen atoms in total. The smallest absolute Gasteiger partial charge is 0.252 e. The molecule has 0 atom stereocenters. The van der Waals surface area contributed by atoms with Crippen molar-refractivity contribution in [3.63, 3.8) is 0 Å². The first-order chi connectivity index (χ1) is 10.6. The van der Waals surface area contributed by atoms with E-state index in [9.17, 15) is 4.79 Å². The normalized spacial score (nSPS) is 10.1. The Morgan fingerprint density at radius 3 is 2.77 bits per heavy atom. The minimum absolute atomic E-state index is 0.136. The quantitative estimate of drug-likeness (QED) is 0.777. The number of carbonyl (C=O) groups is 1. The summed E-state index contributed by atoms with van der Waals surface area (Å²) >= 11 is 0. The van der Waals surface area contributed by atoms with Crippen LogP contribution in [0.15, 0.2) is 30.6 Å². The molecule has 2 N–H and O–H groups in total. The lowest BCUT2D eigenvalue weighted by Crippen LogP contribution is -2.29. The molecule has 0 unspecified atom stereocenters. The highest BCUT2D eigenvalue weighted by Gasteiger charge is 2.05. The number of hydrogen-bond donors (Lipinski definition) is 2. The van der Waals surface area contributed by atoms with E-state index in [4.69, 9.17) is 0 Å². The molecule has 0 radical (unpaired) electrons. The average Bonchev–Trinajstić information content (AvgIpc) is 2.51. The Morgan fingerprint density at radius 2 is 2.09 bits per heavy atom. The van der Waals surface area contributed by atoms with Gasteiger partial charge in [-0.15, -0.1) is 0 Å². The summed E-state index contributed by atoms with van der Waals surface area (Å²) in [6.07, 6.45) is 3.18. The van der Waals surface area contributed by atoms with Crippen LogP contribution < -0.4 is 15.5 Å². The van der Waals surface area contributed by atoms with E-state index in [1.54, 1.807) is 24.5 Å². The van der Waals surface area contributed by atoms with Crippen LogP contribution in [0.5, 0.6) is 0 Å².